The van der Waals surface area contributed by atoms with E-state index < -0.39 is 0 Å². The van der Waals surface area contributed by atoms with Crippen LogP contribution in [0.2, 0.25) is 0 Å². The Morgan fingerprint density at radius 3 is 2.17 bits per heavy atom. The quantitative estimate of drug-likeness (QED) is 0.479. The molecule has 0 radical (unpaired) electrons. The van der Waals surface area contributed by atoms with Crippen LogP contribution in [0.15, 0.2) is 53.7 Å². The van der Waals surface area contributed by atoms with E-state index in [2.05, 4.69) is 21.5 Å². The van der Waals surface area contributed by atoms with Gasteiger partial charge in [-0.3, -0.25) is 10.7 Å². The molecule has 0 atom stereocenters. The van der Waals surface area contributed by atoms with Crippen LogP contribution < -0.4 is 16.3 Å². The van der Waals surface area contributed by atoms with Gasteiger partial charge in [-0.15, -0.1) is 4.91 Å². The van der Waals surface area contributed by atoms with E-state index in [1.807, 2.05) is 6.07 Å². The van der Waals surface area contributed by atoms with Crippen molar-refractivity contribution in [3.63, 3.8) is 0 Å². The fourth-order valence-corrected chi connectivity index (χ4v) is 1.45. The smallest absolute Gasteiger partial charge is 0.110 e. The van der Waals surface area contributed by atoms with Crippen LogP contribution in [0.3, 0.4) is 0 Å². The highest BCUT2D eigenvalue weighted by Gasteiger charge is 1.96. The van der Waals surface area contributed by atoms with Crippen LogP contribution in [-0.4, -0.2) is 5.21 Å². The van der Waals surface area contributed by atoms with Crippen LogP contribution in [-0.2, 0) is 0 Å². The molecule has 2 rings (SSSR count). The molecule has 6 heteroatoms. The molecule has 0 saturated carbocycles. The van der Waals surface area contributed by atoms with Crippen LogP contribution in [0, 0.1) is 4.91 Å². The number of benzene rings is 2. The molecule has 0 spiro atoms. The molecule has 2 aromatic rings. The van der Waals surface area contributed by atoms with Crippen molar-refractivity contribution in [2.75, 3.05) is 16.3 Å². The maximum Gasteiger partial charge on any atom is 0.110 e. The van der Waals surface area contributed by atoms with Gasteiger partial charge in [0.1, 0.15) is 5.69 Å². The van der Waals surface area contributed by atoms with Gasteiger partial charge >= 0.3 is 0 Å². The van der Waals surface area contributed by atoms with Crippen LogP contribution in [0.1, 0.15) is 0 Å². The Bertz CT molecular complexity index is 545. The fourth-order valence-electron chi connectivity index (χ4n) is 1.45. The maximum absolute atomic E-state index is 10.4. The summed E-state index contributed by atoms with van der Waals surface area (Å²) >= 11 is 0. The van der Waals surface area contributed by atoms with Gasteiger partial charge in [0.25, 0.3) is 0 Å². The Labute approximate surface area is 104 Å². The topological polar surface area (TPSA) is 85.8 Å². The SMILES string of the molecule is O=Nc1cccc(NNc2cccc(NO)c2)c1. The molecule has 0 amide bonds. The third-order valence-corrected chi connectivity index (χ3v) is 2.29. The highest BCUT2D eigenvalue weighted by atomic mass is 16.5. The Hall–Kier alpha value is -2.60. The van der Waals surface area contributed by atoms with E-state index >= 15 is 0 Å². The standard InChI is InChI=1S/C12H12N4O2/c17-15-11-5-1-3-9(7-11)13-14-10-4-2-6-12(8-10)16-18/h1-8,13-15,17H. The van der Waals surface area contributed by atoms with Crippen molar-refractivity contribution in [3.05, 3.63) is 53.4 Å². The van der Waals surface area contributed by atoms with Crippen molar-refractivity contribution in [1.82, 2.24) is 0 Å². The summed E-state index contributed by atoms with van der Waals surface area (Å²) in [6.07, 6.45) is 0. The molecule has 0 aliphatic rings. The first-order valence-electron chi connectivity index (χ1n) is 5.27. The summed E-state index contributed by atoms with van der Waals surface area (Å²) in [6.45, 7) is 0. The third-order valence-electron chi connectivity index (χ3n) is 2.29. The zero-order valence-corrected chi connectivity index (χ0v) is 9.42. The molecule has 0 fully saturated rings. The summed E-state index contributed by atoms with van der Waals surface area (Å²) in [5, 5.41) is 11.6. The number of nitroso groups, excluding NO2 is 1. The van der Waals surface area contributed by atoms with E-state index in [1.165, 1.54) is 0 Å². The molecule has 0 bridgehead atoms. The second-order valence-electron chi connectivity index (χ2n) is 3.58. The average Bonchev–Trinajstić information content (AvgIpc) is 2.45. The summed E-state index contributed by atoms with van der Waals surface area (Å²) < 4.78 is 0. The number of hydrogen-bond acceptors (Lipinski definition) is 6. The number of hydrazine groups is 1. The summed E-state index contributed by atoms with van der Waals surface area (Å²) in [6, 6.07) is 13.8. The van der Waals surface area contributed by atoms with Crippen molar-refractivity contribution < 1.29 is 5.21 Å². The highest BCUT2D eigenvalue weighted by molar-refractivity contribution is 5.60. The third kappa shape index (κ3) is 2.96. The number of anilines is 3. The van der Waals surface area contributed by atoms with Gasteiger partial charge in [0.05, 0.1) is 17.1 Å². The Balaban J connectivity index is 2.03. The van der Waals surface area contributed by atoms with Gasteiger partial charge in [-0.25, -0.2) is 0 Å². The average molecular weight is 244 g/mol. The predicted octanol–water partition coefficient (Wildman–Crippen LogP) is 3.32. The minimum absolute atomic E-state index is 0.354. The molecular formula is C12H12N4O2. The molecule has 92 valence electrons. The summed E-state index contributed by atoms with van der Waals surface area (Å²) in [7, 11) is 0. The van der Waals surface area contributed by atoms with Crippen LogP contribution >= 0.6 is 0 Å². The predicted molar refractivity (Wildman–Crippen MR) is 71.0 cm³/mol. The lowest BCUT2D eigenvalue weighted by Gasteiger charge is -2.10. The summed E-state index contributed by atoms with van der Waals surface area (Å²) in [4.78, 5) is 10.4. The fraction of sp³-hybridized carbons (Fsp3) is 0. The van der Waals surface area contributed by atoms with Gasteiger partial charge < -0.3 is 10.9 Å². The Kier molecular flexibility index (Phi) is 3.72. The van der Waals surface area contributed by atoms with Crippen molar-refractivity contribution in [1.29, 1.82) is 0 Å². The van der Waals surface area contributed by atoms with E-state index in [0.717, 1.165) is 11.4 Å². The van der Waals surface area contributed by atoms with E-state index in [0.29, 0.717) is 11.4 Å². The molecule has 0 saturated heterocycles. The first kappa shape index (κ1) is 11.9. The normalized spacial score (nSPS) is 9.61. The van der Waals surface area contributed by atoms with Gasteiger partial charge in [-0.2, -0.15) is 0 Å². The van der Waals surface area contributed by atoms with Gasteiger partial charge in [0, 0.05) is 0 Å². The molecule has 0 aromatic heterocycles. The highest BCUT2D eigenvalue weighted by Crippen LogP contribution is 2.19. The van der Waals surface area contributed by atoms with Crippen LogP contribution in [0.4, 0.5) is 22.7 Å². The van der Waals surface area contributed by atoms with Crippen molar-refractivity contribution in [3.8, 4) is 0 Å². The molecule has 6 nitrogen and oxygen atoms in total. The molecule has 0 aliphatic heterocycles. The van der Waals surface area contributed by atoms with E-state index in [-0.39, 0.29) is 0 Å². The number of nitrogens with zero attached hydrogens (tertiary/aromatic N) is 1. The zero-order valence-electron chi connectivity index (χ0n) is 9.42. The van der Waals surface area contributed by atoms with Crippen LogP contribution in [0.5, 0.6) is 0 Å². The lowest BCUT2D eigenvalue weighted by Crippen LogP contribution is -2.08. The zero-order chi connectivity index (χ0) is 12.8. The summed E-state index contributed by atoms with van der Waals surface area (Å²) in [5.74, 6) is 0. The van der Waals surface area contributed by atoms with Crippen molar-refractivity contribution in [2.24, 2.45) is 5.18 Å². The van der Waals surface area contributed by atoms with Gasteiger partial charge in [-0.05, 0) is 41.6 Å². The largest absolute Gasteiger partial charge is 0.301 e. The summed E-state index contributed by atoms with van der Waals surface area (Å²) in [5.41, 5.74) is 10.3. The molecule has 4 N–H and O–H groups in total. The van der Waals surface area contributed by atoms with Crippen molar-refractivity contribution >= 4 is 22.7 Å². The van der Waals surface area contributed by atoms with Gasteiger partial charge in [-0.1, -0.05) is 12.1 Å². The minimum atomic E-state index is 0.354. The van der Waals surface area contributed by atoms with E-state index in [1.54, 1.807) is 42.5 Å². The minimum Gasteiger partial charge on any atom is -0.301 e. The maximum atomic E-state index is 10.4. The number of hydrogen-bond donors (Lipinski definition) is 4. The first-order chi connectivity index (χ1) is 8.81. The second kappa shape index (κ2) is 5.65. The molecule has 0 heterocycles. The van der Waals surface area contributed by atoms with E-state index in [9.17, 15) is 4.91 Å². The molecule has 0 unspecified atom stereocenters. The molecule has 2 aromatic carbocycles. The monoisotopic (exact) mass is 244 g/mol. The molecular weight excluding hydrogens is 232 g/mol. The van der Waals surface area contributed by atoms with E-state index in [4.69, 9.17) is 5.21 Å². The Morgan fingerprint density at radius 2 is 1.50 bits per heavy atom. The molecule has 0 aliphatic carbocycles. The lowest BCUT2D eigenvalue weighted by atomic mass is 10.3. The van der Waals surface area contributed by atoms with Gasteiger partial charge in [0.15, 0.2) is 0 Å². The van der Waals surface area contributed by atoms with Crippen molar-refractivity contribution in [2.45, 2.75) is 0 Å². The van der Waals surface area contributed by atoms with Crippen LogP contribution in [0.25, 0.3) is 0 Å². The second-order valence-corrected chi connectivity index (χ2v) is 3.58. The van der Waals surface area contributed by atoms with Gasteiger partial charge in [0.2, 0.25) is 0 Å². The number of nitrogens with one attached hydrogen (secondary N) is 3. The number of rotatable bonds is 5. The molecule has 18 heavy (non-hydrogen) atoms. The lowest BCUT2D eigenvalue weighted by molar-refractivity contribution is 0.389. The Morgan fingerprint density at radius 1 is 0.889 bits per heavy atom. The first-order valence-corrected chi connectivity index (χ1v) is 5.27.